The zero-order valence-electron chi connectivity index (χ0n) is 11.8. The van der Waals surface area contributed by atoms with Crippen molar-refractivity contribution in [1.82, 2.24) is 5.32 Å². The molecular weight excluding hydrogens is 236 g/mol. The topological polar surface area (TPSA) is 32.3 Å². The maximum atomic E-state index is 12.2. The van der Waals surface area contributed by atoms with E-state index in [-0.39, 0.29) is 5.91 Å². The average Bonchev–Trinajstić information content (AvgIpc) is 2.58. The van der Waals surface area contributed by atoms with Crippen LogP contribution < -0.4 is 10.2 Å². The summed E-state index contributed by atoms with van der Waals surface area (Å²) < 4.78 is 0. The molecule has 104 valence electrons. The number of rotatable bonds is 6. The van der Waals surface area contributed by atoms with Gasteiger partial charge in [0.05, 0.1) is 6.54 Å². The van der Waals surface area contributed by atoms with E-state index in [0.29, 0.717) is 6.54 Å². The number of unbranched alkanes of at least 4 members (excludes halogenated alkanes) is 4. The summed E-state index contributed by atoms with van der Waals surface area (Å²) >= 11 is 0. The molecule has 0 spiro atoms. The fraction of sp³-hybridized carbons (Fsp3) is 0.562. The molecule has 2 rings (SSSR count). The Hall–Kier alpha value is -1.35. The molecule has 1 aromatic rings. The lowest BCUT2D eigenvalue weighted by molar-refractivity contribution is -0.117. The molecule has 0 bridgehead atoms. The molecule has 3 nitrogen and oxygen atoms in total. The van der Waals surface area contributed by atoms with Crippen LogP contribution in [0.3, 0.4) is 0 Å². The second-order valence-corrected chi connectivity index (χ2v) is 5.19. The minimum absolute atomic E-state index is 0.195. The van der Waals surface area contributed by atoms with Crippen molar-refractivity contribution in [2.45, 2.75) is 45.6 Å². The smallest absolute Gasteiger partial charge is 0.240 e. The standard InChI is InChI=1S/C16H24N2O/c1-2-3-4-5-8-11-18-15-10-7-6-9-14(15)12-17-13-16(18)19/h6-7,9-10,17H,2-5,8,11-13H2,1H3. The third kappa shape index (κ3) is 3.80. The third-order valence-corrected chi connectivity index (χ3v) is 3.66. The van der Waals surface area contributed by atoms with Gasteiger partial charge in [-0.2, -0.15) is 0 Å². The van der Waals surface area contributed by atoms with E-state index in [9.17, 15) is 4.79 Å². The van der Waals surface area contributed by atoms with E-state index in [1.807, 2.05) is 17.0 Å². The molecule has 1 aliphatic rings. The van der Waals surface area contributed by atoms with Crippen LogP contribution in [0.1, 0.15) is 44.6 Å². The Bertz CT molecular complexity index is 417. The lowest BCUT2D eigenvalue weighted by Crippen LogP contribution is -2.36. The third-order valence-electron chi connectivity index (χ3n) is 3.66. The Kier molecular flexibility index (Phi) is 5.40. The van der Waals surface area contributed by atoms with Gasteiger partial charge in [0.2, 0.25) is 5.91 Å². The van der Waals surface area contributed by atoms with Gasteiger partial charge in [0.1, 0.15) is 0 Å². The molecule has 0 saturated carbocycles. The van der Waals surface area contributed by atoms with Crippen molar-refractivity contribution in [3.05, 3.63) is 29.8 Å². The van der Waals surface area contributed by atoms with Gasteiger partial charge in [0.25, 0.3) is 0 Å². The van der Waals surface area contributed by atoms with Crippen LogP contribution >= 0.6 is 0 Å². The maximum Gasteiger partial charge on any atom is 0.240 e. The molecule has 0 fully saturated rings. The number of amides is 1. The van der Waals surface area contributed by atoms with Crippen LogP contribution in [-0.4, -0.2) is 19.0 Å². The molecule has 0 saturated heterocycles. The van der Waals surface area contributed by atoms with Crippen molar-refractivity contribution >= 4 is 11.6 Å². The van der Waals surface area contributed by atoms with E-state index < -0.39 is 0 Å². The SMILES string of the molecule is CCCCCCCN1C(=O)CNCc2ccccc21. The molecule has 0 aromatic heterocycles. The first-order valence-electron chi connectivity index (χ1n) is 7.42. The summed E-state index contributed by atoms with van der Waals surface area (Å²) in [7, 11) is 0. The molecule has 0 unspecified atom stereocenters. The Balaban J connectivity index is 1.98. The van der Waals surface area contributed by atoms with Gasteiger partial charge >= 0.3 is 0 Å². The van der Waals surface area contributed by atoms with Crippen LogP contribution in [0.15, 0.2) is 24.3 Å². The highest BCUT2D eigenvalue weighted by atomic mass is 16.2. The quantitative estimate of drug-likeness (QED) is 0.797. The number of fused-ring (bicyclic) bond motifs is 1. The summed E-state index contributed by atoms with van der Waals surface area (Å²) in [6, 6.07) is 8.22. The summed E-state index contributed by atoms with van der Waals surface area (Å²) in [4.78, 5) is 14.1. The van der Waals surface area contributed by atoms with Gasteiger partial charge < -0.3 is 10.2 Å². The van der Waals surface area contributed by atoms with Crippen LogP contribution in [0.25, 0.3) is 0 Å². The first-order chi connectivity index (χ1) is 9.33. The number of para-hydroxylation sites is 1. The number of nitrogens with one attached hydrogen (secondary N) is 1. The van der Waals surface area contributed by atoms with E-state index >= 15 is 0 Å². The van der Waals surface area contributed by atoms with Crippen molar-refractivity contribution in [1.29, 1.82) is 0 Å². The lowest BCUT2D eigenvalue weighted by Gasteiger charge is -2.22. The van der Waals surface area contributed by atoms with Gasteiger partial charge in [-0.1, -0.05) is 50.8 Å². The van der Waals surface area contributed by atoms with Crippen LogP contribution in [0.2, 0.25) is 0 Å². The Morgan fingerprint density at radius 2 is 1.89 bits per heavy atom. The Morgan fingerprint density at radius 3 is 2.74 bits per heavy atom. The summed E-state index contributed by atoms with van der Waals surface area (Å²) in [5, 5.41) is 3.20. The molecule has 0 radical (unpaired) electrons. The van der Waals surface area contributed by atoms with Crippen molar-refractivity contribution in [3.63, 3.8) is 0 Å². The number of hydrogen-bond donors (Lipinski definition) is 1. The van der Waals surface area contributed by atoms with Crippen LogP contribution in [0, 0.1) is 0 Å². The van der Waals surface area contributed by atoms with Crippen LogP contribution in [-0.2, 0) is 11.3 Å². The molecule has 1 heterocycles. The molecule has 0 aliphatic carbocycles. The number of carbonyl (C=O) groups is 1. The van der Waals surface area contributed by atoms with Gasteiger partial charge in [-0.15, -0.1) is 0 Å². The van der Waals surface area contributed by atoms with Crippen molar-refractivity contribution in [2.75, 3.05) is 18.0 Å². The maximum absolute atomic E-state index is 12.2. The first kappa shape index (κ1) is 14.1. The number of hydrogen-bond acceptors (Lipinski definition) is 2. The largest absolute Gasteiger partial charge is 0.311 e. The Labute approximate surface area is 116 Å². The van der Waals surface area contributed by atoms with E-state index in [1.165, 1.54) is 31.2 Å². The minimum Gasteiger partial charge on any atom is -0.311 e. The van der Waals surface area contributed by atoms with Gasteiger partial charge in [0, 0.05) is 18.8 Å². The van der Waals surface area contributed by atoms with Gasteiger partial charge in [-0.3, -0.25) is 4.79 Å². The highest BCUT2D eigenvalue weighted by Crippen LogP contribution is 2.23. The normalized spacial score (nSPS) is 15.2. The number of nitrogens with zero attached hydrogens (tertiary/aromatic N) is 1. The van der Waals surface area contributed by atoms with Crippen molar-refractivity contribution in [3.8, 4) is 0 Å². The van der Waals surface area contributed by atoms with Gasteiger partial charge in [0.15, 0.2) is 0 Å². The van der Waals surface area contributed by atoms with Crippen molar-refractivity contribution in [2.24, 2.45) is 0 Å². The molecule has 3 heteroatoms. The molecule has 1 N–H and O–H groups in total. The lowest BCUT2D eigenvalue weighted by atomic mass is 10.1. The van der Waals surface area contributed by atoms with E-state index in [2.05, 4.69) is 24.4 Å². The molecular formula is C16H24N2O. The molecule has 19 heavy (non-hydrogen) atoms. The number of benzene rings is 1. The predicted molar refractivity (Wildman–Crippen MR) is 79.3 cm³/mol. The van der Waals surface area contributed by atoms with Crippen LogP contribution in [0.5, 0.6) is 0 Å². The fourth-order valence-electron chi connectivity index (χ4n) is 2.58. The van der Waals surface area contributed by atoms with E-state index in [1.54, 1.807) is 0 Å². The molecule has 1 aliphatic heterocycles. The summed E-state index contributed by atoms with van der Waals surface area (Å²) in [6.45, 7) is 4.30. The predicted octanol–water partition coefficient (Wildman–Crippen LogP) is 3.09. The summed E-state index contributed by atoms with van der Waals surface area (Å²) in [5.74, 6) is 0.195. The molecule has 0 atom stereocenters. The second kappa shape index (κ2) is 7.29. The highest BCUT2D eigenvalue weighted by molar-refractivity contribution is 5.96. The highest BCUT2D eigenvalue weighted by Gasteiger charge is 2.20. The second-order valence-electron chi connectivity index (χ2n) is 5.19. The van der Waals surface area contributed by atoms with Crippen molar-refractivity contribution < 1.29 is 4.79 Å². The summed E-state index contributed by atoms with van der Waals surface area (Å²) in [5.41, 5.74) is 2.31. The average molecular weight is 260 g/mol. The zero-order chi connectivity index (χ0) is 13.5. The fourth-order valence-corrected chi connectivity index (χ4v) is 2.58. The van der Waals surface area contributed by atoms with E-state index in [4.69, 9.17) is 0 Å². The summed E-state index contributed by atoms with van der Waals surface area (Å²) in [6.07, 6.45) is 6.15. The van der Waals surface area contributed by atoms with Gasteiger partial charge in [-0.25, -0.2) is 0 Å². The zero-order valence-corrected chi connectivity index (χ0v) is 11.8. The van der Waals surface area contributed by atoms with Gasteiger partial charge in [-0.05, 0) is 18.1 Å². The van der Waals surface area contributed by atoms with E-state index in [0.717, 1.165) is 25.2 Å². The first-order valence-corrected chi connectivity index (χ1v) is 7.42. The Morgan fingerprint density at radius 1 is 1.11 bits per heavy atom. The molecule has 1 aromatic carbocycles. The van der Waals surface area contributed by atoms with Crippen LogP contribution in [0.4, 0.5) is 5.69 Å². The number of anilines is 1. The number of carbonyl (C=O) groups excluding carboxylic acids is 1. The monoisotopic (exact) mass is 260 g/mol. The minimum atomic E-state index is 0.195. The molecule has 1 amide bonds.